The van der Waals surface area contributed by atoms with Gasteiger partial charge in [-0.15, -0.1) is 0 Å². The normalized spacial score (nSPS) is 16.1. The summed E-state index contributed by atoms with van der Waals surface area (Å²) in [7, 11) is 0. The Bertz CT molecular complexity index is 1140. The number of rotatable bonds is 5. The van der Waals surface area contributed by atoms with E-state index in [1.54, 1.807) is 12.1 Å². The lowest BCUT2D eigenvalue weighted by Crippen LogP contribution is -2.46. The number of hydrogen-bond acceptors (Lipinski definition) is 4. The summed E-state index contributed by atoms with van der Waals surface area (Å²) in [6.45, 7) is 3.48. The Morgan fingerprint density at radius 2 is 1.84 bits per heavy atom. The fraction of sp³-hybridized carbons (Fsp3) is 0.308. The number of aryl methyl sites for hydroxylation is 1. The third-order valence-corrected chi connectivity index (χ3v) is 6.03. The van der Waals surface area contributed by atoms with Crippen LogP contribution in [0, 0.1) is 18.3 Å². The Hall–Kier alpha value is -3.40. The van der Waals surface area contributed by atoms with Crippen LogP contribution in [0.15, 0.2) is 54.6 Å². The summed E-state index contributed by atoms with van der Waals surface area (Å²) < 4.78 is 1.92. The van der Waals surface area contributed by atoms with Crippen molar-refractivity contribution >= 4 is 5.91 Å². The van der Waals surface area contributed by atoms with Gasteiger partial charge in [0.15, 0.2) is 0 Å². The van der Waals surface area contributed by atoms with Crippen molar-refractivity contribution in [3.05, 3.63) is 71.4 Å². The molecule has 1 aromatic heterocycles. The first-order valence-corrected chi connectivity index (χ1v) is 11.0. The number of aromatic nitrogens is 1. The van der Waals surface area contributed by atoms with Crippen molar-refractivity contribution in [3.63, 3.8) is 0 Å². The molecular weight excluding hydrogens is 400 g/mol. The molecule has 2 aromatic carbocycles. The van der Waals surface area contributed by atoms with Gasteiger partial charge in [0.05, 0.1) is 23.9 Å². The van der Waals surface area contributed by atoms with E-state index in [-0.39, 0.29) is 18.6 Å². The molecule has 0 bridgehead atoms. The van der Waals surface area contributed by atoms with E-state index < -0.39 is 0 Å². The number of carbonyl (C=O) groups excluding carboxylic acids is 1. The smallest absolute Gasteiger partial charge is 0.270 e. The van der Waals surface area contributed by atoms with Crippen LogP contribution in [-0.2, 0) is 6.54 Å². The first kappa shape index (κ1) is 21.8. The zero-order valence-electron chi connectivity index (χ0n) is 18.3. The van der Waals surface area contributed by atoms with Crippen molar-refractivity contribution in [1.82, 2.24) is 9.47 Å². The maximum Gasteiger partial charge on any atom is 0.270 e. The van der Waals surface area contributed by atoms with Crippen LogP contribution in [0.25, 0.3) is 22.4 Å². The van der Waals surface area contributed by atoms with Gasteiger partial charge >= 0.3 is 0 Å². The molecule has 3 N–H and O–H groups in total. The number of aliphatic hydroxyl groups excluding tert-OH is 1. The molecule has 164 valence electrons. The summed E-state index contributed by atoms with van der Waals surface area (Å²) >= 11 is 0. The molecule has 1 fully saturated rings. The highest BCUT2D eigenvalue weighted by atomic mass is 16.3. The standard InChI is InChI=1S/C26H28N4O2/c1-18-4-8-21(9-5-18)25-23(20-10-6-19(16-27)7-11-20)15-24(30(25)13-14-31)26(32)29-12-2-3-22(28)17-29/h4-11,15,22,31H,2-3,12-14,17,28H2,1H3. The molecule has 4 rings (SSSR count). The first-order chi connectivity index (χ1) is 15.5. The summed E-state index contributed by atoms with van der Waals surface area (Å²) in [5, 5.41) is 19.0. The average molecular weight is 429 g/mol. The van der Waals surface area contributed by atoms with Crippen molar-refractivity contribution in [2.75, 3.05) is 19.7 Å². The molecule has 3 aromatic rings. The molecule has 0 radical (unpaired) electrons. The van der Waals surface area contributed by atoms with E-state index in [1.807, 2.05) is 58.9 Å². The molecule has 0 saturated carbocycles. The molecule has 1 saturated heterocycles. The number of nitrogens with two attached hydrogens (primary N) is 1. The molecule has 1 unspecified atom stereocenters. The molecule has 1 atom stereocenters. The van der Waals surface area contributed by atoms with E-state index in [0.29, 0.717) is 30.9 Å². The van der Waals surface area contributed by atoms with Crippen molar-refractivity contribution in [3.8, 4) is 28.5 Å². The van der Waals surface area contributed by atoms with E-state index >= 15 is 0 Å². The zero-order chi connectivity index (χ0) is 22.7. The number of nitrogens with zero attached hydrogens (tertiary/aromatic N) is 3. The maximum atomic E-state index is 13.5. The Balaban J connectivity index is 1.89. The quantitative estimate of drug-likeness (QED) is 0.650. The van der Waals surface area contributed by atoms with E-state index in [0.717, 1.165) is 40.8 Å². The summed E-state index contributed by atoms with van der Waals surface area (Å²) in [5.41, 5.74) is 12.1. The molecule has 2 heterocycles. The average Bonchev–Trinajstić information content (AvgIpc) is 3.18. The lowest BCUT2D eigenvalue weighted by Gasteiger charge is -2.31. The van der Waals surface area contributed by atoms with Gasteiger partial charge in [-0.3, -0.25) is 4.79 Å². The van der Waals surface area contributed by atoms with Crippen LogP contribution in [0.2, 0.25) is 0 Å². The Labute approximate surface area is 188 Å². The monoisotopic (exact) mass is 428 g/mol. The van der Waals surface area contributed by atoms with Crippen molar-refractivity contribution in [1.29, 1.82) is 5.26 Å². The molecule has 32 heavy (non-hydrogen) atoms. The molecule has 0 aliphatic carbocycles. The van der Waals surface area contributed by atoms with E-state index in [2.05, 4.69) is 6.07 Å². The number of amides is 1. The van der Waals surface area contributed by atoms with Crippen LogP contribution >= 0.6 is 0 Å². The lowest BCUT2D eigenvalue weighted by atomic mass is 9.99. The number of aliphatic hydroxyl groups is 1. The maximum absolute atomic E-state index is 13.5. The second-order valence-corrected chi connectivity index (χ2v) is 8.38. The van der Waals surface area contributed by atoms with E-state index in [9.17, 15) is 15.2 Å². The van der Waals surface area contributed by atoms with Gasteiger partial charge in [-0.2, -0.15) is 5.26 Å². The zero-order valence-corrected chi connectivity index (χ0v) is 18.3. The van der Waals surface area contributed by atoms with Gasteiger partial charge in [0, 0.05) is 31.2 Å². The summed E-state index contributed by atoms with van der Waals surface area (Å²) in [4.78, 5) is 15.4. The molecule has 1 aliphatic rings. The fourth-order valence-electron chi connectivity index (χ4n) is 4.38. The van der Waals surface area contributed by atoms with Gasteiger partial charge in [-0.05, 0) is 49.1 Å². The third kappa shape index (κ3) is 4.31. The van der Waals surface area contributed by atoms with Gasteiger partial charge in [0.25, 0.3) is 5.91 Å². The predicted octanol–water partition coefficient (Wildman–Crippen LogP) is 3.56. The topological polar surface area (TPSA) is 95.3 Å². The van der Waals surface area contributed by atoms with Crippen LogP contribution in [-0.4, -0.2) is 46.2 Å². The summed E-state index contributed by atoms with van der Waals surface area (Å²) in [6.07, 6.45) is 1.81. The molecular formula is C26H28N4O2. The van der Waals surface area contributed by atoms with Gasteiger partial charge in [0.1, 0.15) is 5.69 Å². The van der Waals surface area contributed by atoms with Gasteiger partial charge in [0.2, 0.25) is 0 Å². The van der Waals surface area contributed by atoms with E-state index in [4.69, 9.17) is 5.73 Å². The van der Waals surface area contributed by atoms with E-state index in [1.165, 1.54) is 0 Å². The summed E-state index contributed by atoms with van der Waals surface area (Å²) in [5.74, 6) is -0.0677. The van der Waals surface area contributed by atoms with Crippen LogP contribution in [0.3, 0.4) is 0 Å². The van der Waals surface area contributed by atoms with Crippen LogP contribution in [0.4, 0.5) is 0 Å². The lowest BCUT2D eigenvalue weighted by molar-refractivity contribution is 0.0697. The summed E-state index contributed by atoms with van der Waals surface area (Å²) in [6, 6.07) is 19.6. The van der Waals surface area contributed by atoms with Crippen molar-refractivity contribution < 1.29 is 9.90 Å². The minimum absolute atomic E-state index is 0.0106. The minimum Gasteiger partial charge on any atom is -0.395 e. The van der Waals surface area contributed by atoms with Crippen LogP contribution in [0.5, 0.6) is 0 Å². The molecule has 6 nitrogen and oxygen atoms in total. The van der Waals surface area contributed by atoms with Gasteiger partial charge in [-0.25, -0.2) is 0 Å². The number of carbonyl (C=O) groups is 1. The molecule has 0 spiro atoms. The van der Waals surface area contributed by atoms with Crippen LogP contribution < -0.4 is 5.73 Å². The largest absolute Gasteiger partial charge is 0.395 e. The van der Waals surface area contributed by atoms with Gasteiger partial charge in [-0.1, -0.05) is 42.0 Å². The first-order valence-electron chi connectivity index (χ1n) is 11.0. The Morgan fingerprint density at radius 1 is 1.16 bits per heavy atom. The number of hydrogen-bond donors (Lipinski definition) is 2. The second-order valence-electron chi connectivity index (χ2n) is 8.38. The molecule has 6 heteroatoms. The number of benzene rings is 2. The van der Waals surface area contributed by atoms with Crippen molar-refractivity contribution in [2.45, 2.75) is 32.4 Å². The number of nitriles is 1. The highest BCUT2D eigenvalue weighted by Gasteiger charge is 2.28. The predicted molar refractivity (Wildman–Crippen MR) is 125 cm³/mol. The highest BCUT2D eigenvalue weighted by molar-refractivity contribution is 5.98. The number of likely N-dealkylation sites (tertiary alicyclic amines) is 1. The molecule has 1 aliphatic heterocycles. The van der Waals surface area contributed by atoms with Crippen LogP contribution in [0.1, 0.15) is 34.5 Å². The van der Waals surface area contributed by atoms with Crippen molar-refractivity contribution in [2.24, 2.45) is 5.73 Å². The van der Waals surface area contributed by atoms with Gasteiger partial charge < -0.3 is 20.3 Å². The minimum atomic E-state index is -0.0832. The highest BCUT2D eigenvalue weighted by Crippen LogP contribution is 2.36. The third-order valence-electron chi connectivity index (χ3n) is 6.03. The Kier molecular flexibility index (Phi) is 6.40. The second kappa shape index (κ2) is 9.39. The fourth-order valence-corrected chi connectivity index (χ4v) is 4.38. The molecule has 1 amide bonds. The SMILES string of the molecule is Cc1ccc(-c2c(-c3ccc(C#N)cc3)cc(C(=O)N3CCCC(N)C3)n2CCO)cc1. The number of piperidine rings is 1. The Morgan fingerprint density at radius 3 is 2.47 bits per heavy atom.